The third-order valence-corrected chi connectivity index (χ3v) is 3.83. The predicted octanol–water partition coefficient (Wildman–Crippen LogP) is 3.03. The molecule has 1 saturated carbocycles. The summed E-state index contributed by atoms with van der Waals surface area (Å²) in [5.74, 6) is 0.407. The number of aromatic nitrogens is 2. The first-order chi connectivity index (χ1) is 10.3. The van der Waals surface area contributed by atoms with Gasteiger partial charge in [-0.2, -0.15) is 4.98 Å². The lowest BCUT2D eigenvalue weighted by Crippen LogP contribution is -2.18. The van der Waals surface area contributed by atoms with Crippen LogP contribution >= 0.6 is 0 Å². The van der Waals surface area contributed by atoms with Crippen LogP contribution in [0.2, 0.25) is 0 Å². The third kappa shape index (κ3) is 2.82. The molecule has 1 aliphatic rings. The van der Waals surface area contributed by atoms with E-state index < -0.39 is 5.92 Å². The van der Waals surface area contributed by atoms with Crippen LogP contribution in [-0.2, 0) is 9.53 Å². The Bertz CT molecular complexity index is 605. The van der Waals surface area contributed by atoms with Crippen molar-refractivity contribution in [2.75, 3.05) is 6.61 Å². The first-order valence-corrected chi connectivity index (χ1v) is 7.34. The van der Waals surface area contributed by atoms with E-state index in [4.69, 9.17) is 9.26 Å². The van der Waals surface area contributed by atoms with Gasteiger partial charge in [0.05, 0.1) is 6.61 Å². The Balaban J connectivity index is 1.91. The van der Waals surface area contributed by atoms with Crippen molar-refractivity contribution in [1.29, 1.82) is 0 Å². The second-order valence-corrected chi connectivity index (χ2v) is 5.21. The molecule has 1 fully saturated rings. The van der Waals surface area contributed by atoms with Crippen LogP contribution in [0.5, 0.6) is 0 Å². The molecule has 1 aromatic heterocycles. The van der Waals surface area contributed by atoms with Crippen molar-refractivity contribution in [2.45, 2.75) is 38.0 Å². The molecule has 5 heteroatoms. The SMILES string of the molecule is CCOC(=O)C(c1ccccc1)c1nc(C2CCC2)no1. The lowest BCUT2D eigenvalue weighted by molar-refractivity contribution is -0.144. The molecule has 1 atom stereocenters. The summed E-state index contributed by atoms with van der Waals surface area (Å²) in [5.41, 5.74) is 0.805. The second kappa shape index (κ2) is 6.08. The number of nitrogens with zero attached hydrogens (tertiary/aromatic N) is 2. The largest absolute Gasteiger partial charge is 0.465 e. The summed E-state index contributed by atoms with van der Waals surface area (Å²) in [6.45, 7) is 2.11. The van der Waals surface area contributed by atoms with E-state index in [2.05, 4.69) is 10.1 Å². The van der Waals surface area contributed by atoms with Crippen molar-refractivity contribution in [1.82, 2.24) is 10.1 Å². The maximum absolute atomic E-state index is 12.3. The zero-order chi connectivity index (χ0) is 14.7. The Labute approximate surface area is 123 Å². The average molecular weight is 286 g/mol. The van der Waals surface area contributed by atoms with Crippen LogP contribution in [0, 0.1) is 0 Å². The molecule has 0 amide bonds. The fourth-order valence-electron chi connectivity index (χ4n) is 2.45. The molecule has 21 heavy (non-hydrogen) atoms. The van der Waals surface area contributed by atoms with Crippen LogP contribution in [0.1, 0.15) is 55.3 Å². The van der Waals surface area contributed by atoms with Crippen molar-refractivity contribution >= 4 is 5.97 Å². The highest BCUT2D eigenvalue weighted by atomic mass is 16.5. The molecule has 2 aromatic rings. The van der Waals surface area contributed by atoms with Gasteiger partial charge in [0, 0.05) is 5.92 Å². The first-order valence-electron chi connectivity index (χ1n) is 7.34. The maximum atomic E-state index is 12.3. The normalized spacial score (nSPS) is 16.2. The number of rotatable bonds is 5. The van der Waals surface area contributed by atoms with E-state index in [0.717, 1.165) is 18.4 Å². The highest BCUT2D eigenvalue weighted by molar-refractivity contribution is 5.80. The topological polar surface area (TPSA) is 65.2 Å². The summed E-state index contributed by atoms with van der Waals surface area (Å²) < 4.78 is 10.5. The molecule has 1 aromatic carbocycles. The smallest absolute Gasteiger partial charge is 0.323 e. The second-order valence-electron chi connectivity index (χ2n) is 5.21. The molecule has 0 saturated heterocycles. The monoisotopic (exact) mass is 286 g/mol. The molecule has 5 nitrogen and oxygen atoms in total. The van der Waals surface area contributed by atoms with Gasteiger partial charge in [0.25, 0.3) is 0 Å². The number of carbonyl (C=O) groups excluding carboxylic acids is 1. The standard InChI is InChI=1S/C16H18N2O3/c1-2-20-16(19)13(11-7-4-3-5-8-11)15-17-14(18-21-15)12-9-6-10-12/h3-5,7-8,12-13H,2,6,9-10H2,1H3. The molecule has 1 aliphatic carbocycles. The minimum Gasteiger partial charge on any atom is -0.465 e. The third-order valence-electron chi connectivity index (χ3n) is 3.83. The molecule has 0 radical (unpaired) electrons. The van der Waals surface area contributed by atoms with Crippen molar-refractivity contribution in [3.05, 3.63) is 47.6 Å². The number of hydrogen-bond acceptors (Lipinski definition) is 5. The molecule has 1 unspecified atom stereocenters. The average Bonchev–Trinajstić information content (AvgIpc) is 2.87. The minimum absolute atomic E-state index is 0.321. The Hall–Kier alpha value is -2.17. The van der Waals surface area contributed by atoms with E-state index in [1.807, 2.05) is 30.3 Å². The maximum Gasteiger partial charge on any atom is 0.323 e. The van der Waals surface area contributed by atoms with E-state index in [1.165, 1.54) is 6.42 Å². The van der Waals surface area contributed by atoms with Gasteiger partial charge >= 0.3 is 5.97 Å². The Morgan fingerprint density at radius 2 is 2.14 bits per heavy atom. The fourth-order valence-corrected chi connectivity index (χ4v) is 2.45. The number of carbonyl (C=O) groups is 1. The van der Waals surface area contributed by atoms with Crippen molar-refractivity contribution in [3.63, 3.8) is 0 Å². The number of esters is 1. The highest BCUT2D eigenvalue weighted by Crippen LogP contribution is 2.35. The predicted molar refractivity (Wildman–Crippen MR) is 75.8 cm³/mol. The van der Waals surface area contributed by atoms with Gasteiger partial charge in [0.1, 0.15) is 0 Å². The molecule has 0 spiro atoms. The Kier molecular flexibility index (Phi) is 3.99. The summed E-state index contributed by atoms with van der Waals surface area (Å²) in [7, 11) is 0. The Morgan fingerprint density at radius 1 is 1.38 bits per heavy atom. The van der Waals surface area contributed by atoms with E-state index in [9.17, 15) is 4.79 Å². The molecule has 0 bridgehead atoms. The van der Waals surface area contributed by atoms with Crippen LogP contribution in [0.3, 0.4) is 0 Å². The molecule has 0 aliphatic heterocycles. The number of benzene rings is 1. The van der Waals surface area contributed by atoms with Gasteiger partial charge in [-0.15, -0.1) is 0 Å². The van der Waals surface area contributed by atoms with Crippen molar-refractivity contribution < 1.29 is 14.1 Å². The lowest BCUT2D eigenvalue weighted by atomic mass is 9.85. The first kappa shape index (κ1) is 13.8. The van der Waals surface area contributed by atoms with Crippen molar-refractivity contribution in [2.24, 2.45) is 0 Å². The molecule has 110 valence electrons. The highest BCUT2D eigenvalue weighted by Gasteiger charge is 2.32. The Morgan fingerprint density at radius 3 is 2.76 bits per heavy atom. The van der Waals surface area contributed by atoms with Gasteiger partial charge in [-0.1, -0.05) is 41.9 Å². The minimum atomic E-state index is -0.646. The molecule has 3 rings (SSSR count). The zero-order valence-electron chi connectivity index (χ0n) is 12.0. The summed E-state index contributed by atoms with van der Waals surface area (Å²) in [6.07, 6.45) is 3.39. The van der Waals surface area contributed by atoms with Gasteiger partial charge in [0.2, 0.25) is 5.89 Å². The van der Waals surface area contributed by atoms with Gasteiger partial charge in [-0.05, 0) is 25.3 Å². The van der Waals surface area contributed by atoms with Crippen LogP contribution in [-0.4, -0.2) is 22.7 Å². The van der Waals surface area contributed by atoms with Crippen LogP contribution in [0.4, 0.5) is 0 Å². The van der Waals surface area contributed by atoms with Gasteiger partial charge in [-0.25, -0.2) is 0 Å². The van der Waals surface area contributed by atoms with Crippen molar-refractivity contribution in [3.8, 4) is 0 Å². The van der Waals surface area contributed by atoms with E-state index in [1.54, 1.807) is 6.92 Å². The van der Waals surface area contributed by atoms with E-state index >= 15 is 0 Å². The van der Waals surface area contributed by atoms with Crippen LogP contribution < -0.4 is 0 Å². The van der Waals surface area contributed by atoms with E-state index in [0.29, 0.717) is 24.2 Å². The number of hydrogen-bond donors (Lipinski definition) is 0. The summed E-state index contributed by atoms with van der Waals surface area (Å²) in [5, 5.41) is 4.03. The molecular formula is C16H18N2O3. The van der Waals surface area contributed by atoms with Crippen LogP contribution in [0.25, 0.3) is 0 Å². The van der Waals surface area contributed by atoms with Gasteiger partial charge in [0.15, 0.2) is 11.7 Å². The summed E-state index contributed by atoms with van der Waals surface area (Å²) in [6, 6.07) is 9.40. The quantitative estimate of drug-likeness (QED) is 0.790. The fraction of sp³-hybridized carbons (Fsp3) is 0.438. The molecular weight excluding hydrogens is 268 g/mol. The number of ether oxygens (including phenoxy) is 1. The lowest BCUT2D eigenvalue weighted by Gasteiger charge is -2.21. The van der Waals surface area contributed by atoms with E-state index in [-0.39, 0.29) is 5.97 Å². The zero-order valence-corrected chi connectivity index (χ0v) is 12.0. The van der Waals surface area contributed by atoms with Gasteiger partial charge in [-0.3, -0.25) is 4.79 Å². The molecule has 1 heterocycles. The van der Waals surface area contributed by atoms with Crippen LogP contribution in [0.15, 0.2) is 34.9 Å². The summed E-state index contributed by atoms with van der Waals surface area (Å²) >= 11 is 0. The summed E-state index contributed by atoms with van der Waals surface area (Å²) in [4.78, 5) is 16.7. The molecule has 0 N–H and O–H groups in total. The van der Waals surface area contributed by atoms with Gasteiger partial charge < -0.3 is 9.26 Å².